The molecule has 26 N–H and O–H groups in total. The average Bonchev–Trinajstić information content (AvgIpc) is 0.941. The summed E-state index contributed by atoms with van der Waals surface area (Å²) < 4.78 is 0. The van der Waals surface area contributed by atoms with Crippen molar-refractivity contribution in [3.63, 3.8) is 0 Å². The van der Waals surface area contributed by atoms with E-state index in [1.54, 1.807) is 44.2 Å². The van der Waals surface area contributed by atoms with Gasteiger partial charge >= 0.3 is 5.97 Å². The molecular weight excluding hydrogens is 1270 g/mol. The van der Waals surface area contributed by atoms with E-state index in [2.05, 4.69) is 81.7 Å². The van der Waals surface area contributed by atoms with E-state index in [0.29, 0.717) is 11.1 Å². The van der Waals surface area contributed by atoms with Crippen LogP contribution in [-0.2, 0) is 84.8 Å². The molecule has 0 aromatic heterocycles. The molecule has 2 aromatic carbocycles. The lowest BCUT2D eigenvalue weighted by molar-refractivity contribution is -0.142. The first kappa shape index (κ1) is 80.9. The van der Waals surface area contributed by atoms with E-state index in [0.717, 1.165) is 0 Å². The number of phenolic OH excluding ortho intramolecular Hbond substituents is 1. The number of benzene rings is 2. The summed E-state index contributed by atoms with van der Waals surface area (Å²) in [6.07, 6.45) is -2.31. The molecule has 95 heavy (non-hydrogen) atoms. The minimum absolute atomic E-state index is 0.0323. The van der Waals surface area contributed by atoms with Gasteiger partial charge in [0.25, 0.3) is 0 Å². The quantitative estimate of drug-likeness (QED) is 0.0127. The zero-order valence-electron chi connectivity index (χ0n) is 52.3. The molecule has 0 radical (unpaired) electrons. The number of amides is 14. The number of nitrogens with two attached hydrogens (primary N) is 4. The van der Waals surface area contributed by atoms with Crippen LogP contribution in [0.4, 0.5) is 0 Å². The van der Waals surface area contributed by atoms with E-state index in [4.69, 9.17) is 28.3 Å². The summed E-state index contributed by atoms with van der Waals surface area (Å²) in [5, 5.41) is 77.7. The first-order valence-electron chi connectivity index (χ1n) is 29.6. The van der Waals surface area contributed by atoms with Gasteiger partial charge in [-0.1, -0.05) is 56.3 Å². The maximum absolute atomic E-state index is 14.2. The zero-order chi connectivity index (χ0) is 71.5. The Labute approximate surface area is 550 Å². The van der Waals surface area contributed by atoms with Gasteiger partial charge in [-0.15, -0.1) is 0 Å². The molecule has 0 saturated heterocycles. The van der Waals surface area contributed by atoms with Gasteiger partial charge in [-0.3, -0.25) is 72.5 Å². The van der Waals surface area contributed by atoms with Gasteiger partial charge in [0.05, 0.1) is 39.3 Å². The first-order chi connectivity index (χ1) is 44.8. The fraction of sp³-hybridized carbons (Fsp3) is 0.509. The van der Waals surface area contributed by atoms with Crippen LogP contribution in [-0.4, -0.2) is 221 Å². The van der Waals surface area contributed by atoms with Gasteiger partial charge in [0.15, 0.2) is 5.96 Å². The monoisotopic (exact) mass is 1360 g/mol. The molecule has 10 atom stereocenters. The van der Waals surface area contributed by atoms with Crippen molar-refractivity contribution in [3.05, 3.63) is 65.7 Å². The van der Waals surface area contributed by atoms with E-state index < -0.39 is 206 Å². The van der Waals surface area contributed by atoms with Crippen molar-refractivity contribution in [2.24, 2.45) is 28.9 Å². The number of thiol groups is 1. The van der Waals surface area contributed by atoms with Gasteiger partial charge < -0.3 is 112 Å². The lowest BCUT2D eigenvalue weighted by Crippen LogP contribution is -2.61. The Morgan fingerprint density at radius 1 is 0.484 bits per heavy atom. The van der Waals surface area contributed by atoms with Crippen LogP contribution in [0.2, 0.25) is 0 Å². The summed E-state index contributed by atoms with van der Waals surface area (Å²) >= 11 is 4.10. The van der Waals surface area contributed by atoms with E-state index >= 15 is 0 Å². The minimum Gasteiger partial charge on any atom is -0.508 e. The summed E-state index contributed by atoms with van der Waals surface area (Å²) in [6, 6.07) is -2.19. The van der Waals surface area contributed by atoms with Crippen molar-refractivity contribution < 1.29 is 92.3 Å². The SMILES string of the molecule is CC(C)C[C@H](NC(=O)CNC(=O)[C@H](CO)NC(=O)[C@H](CCC(N)=O)NC(=O)[C@H](C)NC(=O)CN)C(=O)NCC(=O)N[C@@H](CS)C(=O)N[C@@H](CC(N)=O)C(=O)N[C@@H](CO)C(=O)N[C@@H](Cc1ccccc1)C(=O)N[C@@H](CCCNC(=N)N)C(=O)N[C@@H](Cc1ccc(O)cc1)C(=O)O. The number of primary amides is 2. The van der Waals surface area contributed by atoms with Gasteiger partial charge in [0, 0.05) is 31.6 Å². The third-order valence-corrected chi connectivity index (χ3v) is 13.9. The van der Waals surface area contributed by atoms with E-state index in [1.807, 2.05) is 0 Å². The Bertz CT molecular complexity index is 3020. The van der Waals surface area contributed by atoms with Gasteiger partial charge in [0.2, 0.25) is 82.7 Å². The van der Waals surface area contributed by atoms with Crippen LogP contribution >= 0.6 is 12.6 Å². The van der Waals surface area contributed by atoms with Gasteiger partial charge in [-0.05, 0) is 61.8 Å². The highest BCUT2D eigenvalue weighted by Crippen LogP contribution is 2.13. The zero-order valence-corrected chi connectivity index (χ0v) is 53.2. The molecule has 0 unspecified atom stereocenters. The number of guanidine groups is 1. The number of hydrogen-bond acceptors (Lipinski definition) is 21. The van der Waals surface area contributed by atoms with Crippen LogP contribution in [0.25, 0.3) is 0 Å². The second kappa shape index (κ2) is 42.1. The normalized spacial score (nSPS) is 14.0. The molecule has 2 aromatic rings. The van der Waals surface area contributed by atoms with Crippen LogP contribution in [0.5, 0.6) is 5.75 Å². The molecule has 524 valence electrons. The number of aromatic hydroxyl groups is 1. The van der Waals surface area contributed by atoms with Crippen LogP contribution < -0.4 is 92.1 Å². The molecule has 0 aliphatic carbocycles. The molecule has 0 bridgehead atoms. The Hall–Kier alpha value is -10.2. The van der Waals surface area contributed by atoms with Crippen LogP contribution in [0.15, 0.2) is 54.6 Å². The number of phenols is 1. The predicted octanol–water partition coefficient (Wildman–Crippen LogP) is -9.31. The van der Waals surface area contributed by atoms with Crippen molar-refractivity contribution in [1.82, 2.24) is 69.1 Å². The summed E-state index contributed by atoms with van der Waals surface area (Å²) in [5.41, 5.74) is 22.1. The molecular formula is C57H86N18O19S. The minimum atomic E-state index is -1.92. The number of carbonyl (C=O) groups is 15. The second-order valence-electron chi connectivity index (χ2n) is 21.8. The Morgan fingerprint density at radius 3 is 1.44 bits per heavy atom. The molecule has 37 nitrogen and oxygen atoms in total. The second-order valence-corrected chi connectivity index (χ2v) is 22.2. The first-order valence-corrected chi connectivity index (χ1v) is 30.2. The van der Waals surface area contributed by atoms with E-state index in [9.17, 15) is 92.3 Å². The van der Waals surface area contributed by atoms with Crippen molar-refractivity contribution >= 4 is 107 Å². The van der Waals surface area contributed by atoms with E-state index in [1.165, 1.54) is 31.2 Å². The number of carboxylic acid groups (broad SMARTS) is 1. The summed E-state index contributed by atoms with van der Waals surface area (Å²) in [6.45, 7) is 0.392. The smallest absolute Gasteiger partial charge is 0.326 e. The number of carbonyl (C=O) groups excluding carboxylic acids is 14. The van der Waals surface area contributed by atoms with Gasteiger partial charge in [-0.25, -0.2) is 4.79 Å². The number of aliphatic hydroxyl groups is 2. The van der Waals surface area contributed by atoms with Gasteiger partial charge in [-0.2, -0.15) is 12.6 Å². The molecule has 0 spiro atoms. The highest BCUT2D eigenvalue weighted by atomic mass is 32.1. The van der Waals surface area contributed by atoms with Crippen LogP contribution in [0.1, 0.15) is 70.4 Å². The lowest BCUT2D eigenvalue weighted by Gasteiger charge is -2.27. The number of rotatable bonds is 43. The molecule has 0 aliphatic rings. The summed E-state index contributed by atoms with van der Waals surface area (Å²) in [4.78, 5) is 196. The molecule has 2 rings (SSSR count). The fourth-order valence-corrected chi connectivity index (χ4v) is 8.80. The fourth-order valence-electron chi connectivity index (χ4n) is 8.54. The van der Waals surface area contributed by atoms with Crippen molar-refractivity contribution in [2.45, 2.75) is 133 Å². The third-order valence-electron chi connectivity index (χ3n) is 13.5. The molecule has 0 saturated carbocycles. The third kappa shape index (κ3) is 31.3. The molecule has 38 heteroatoms. The van der Waals surface area contributed by atoms with Gasteiger partial charge in [0.1, 0.15) is 66.2 Å². The molecule has 0 aliphatic heterocycles. The number of aliphatic carboxylic acids is 1. The lowest BCUT2D eigenvalue weighted by atomic mass is 10.0. The molecule has 14 amide bonds. The molecule has 0 fully saturated rings. The highest BCUT2D eigenvalue weighted by Gasteiger charge is 2.35. The Morgan fingerprint density at radius 2 is 0.926 bits per heavy atom. The Balaban J connectivity index is 2.19. The maximum Gasteiger partial charge on any atom is 0.326 e. The average molecular weight is 1360 g/mol. The standard InChI is InChI=1S/C57H86N18O19S/c1-28(2)18-35(67-45(82)23-65-49(86)39(25-76)74-51(88)34(15-16-42(59)79)69-47(84)29(3)66-44(81)22-58)48(85)64-24-46(83)68-41(27-95)55(92)72-37(21-43(60)80)53(90)75-40(26-77)54(91)71-36(19-30-8-5-4-6-9-30)52(89)70-33(10-7-17-63-57(61)62)50(87)73-38(56(93)94)20-31-11-13-32(78)14-12-31/h4-6,8-9,11-14,28-29,33-41,76-78,95H,7,10,15-27,58H2,1-3H3,(H2,59,79)(H2,60,80)(H,64,85)(H,65,86)(H,66,81)(H,67,82)(H,68,83)(H,69,84)(H,70,89)(H,71,91)(H,72,92)(H,73,87)(H,74,88)(H,75,90)(H,93,94)(H4,61,62,63)/t29-,33-,34-,35-,36-,37-,38-,39-,40-,41-/m0/s1. The topological polar surface area (TPSA) is 621 Å². The number of hydrogen-bond donors (Lipinski definition) is 23. The Kier molecular flexibility index (Phi) is 35.8. The number of nitrogens with one attached hydrogen (secondary N) is 14. The number of carboxylic acids is 1. The van der Waals surface area contributed by atoms with Crippen molar-refractivity contribution in [2.75, 3.05) is 45.1 Å². The van der Waals surface area contributed by atoms with Crippen molar-refractivity contribution in [3.8, 4) is 5.75 Å². The molecule has 0 heterocycles. The highest BCUT2D eigenvalue weighted by molar-refractivity contribution is 7.80. The maximum atomic E-state index is 14.2. The summed E-state index contributed by atoms with van der Waals surface area (Å²) in [7, 11) is 0. The largest absolute Gasteiger partial charge is 0.508 e. The van der Waals surface area contributed by atoms with Crippen LogP contribution in [0.3, 0.4) is 0 Å². The number of aliphatic hydroxyl groups excluding tert-OH is 2. The van der Waals surface area contributed by atoms with E-state index in [-0.39, 0.29) is 56.7 Å². The predicted molar refractivity (Wildman–Crippen MR) is 339 cm³/mol. The van der Waals surface area contributed by atoms with Crippen molar-refractivity contribution in [1.29, 1.82) is 5.41 Å². The van der Waals surface area contributed by atoms with Crippen LogP contribution in [0, 0.1) is 11.3 Å². The summed E-state index contributed by atoms with van der Waals surface area (Å²) in [5.74, 6) is -16.9.